The van der Waals surface area contributed by atoms with E-state index < -0.39 is 36.6 Å². The number of likely N-dealkylation sites (tertiary alicyclic amines) is 2. The maximum atomic E-state index is 13.5. The van der Waals surface area contributed by atoms with E-state index in [1.54, 1.807) is 46.4 Å². The predicted molar refractivity (Wildman–Crippen MR) is 201 cm³/mol. The summed E-state index contributed by atoms with van der Waals surface area (Å²) in [5.41, 5.74) is 12.1. The highest BCUT2D eigenvalue weighted by Crippen LogP contribution is 2.48. The number of benzene rings is 2. The zero-order valence-corrected chi connectivity index (χ0v) is 32.1. The Balaban J connectivity index is 0.897. The molecule has 2 aromatic carbocycles. The molecular formula is C41H46N6O9. The number of aromatic nitrogens is 1. The van der Waals surface area contributed by atoms with Crippen molar-refractivity contribution in [3.8, 4) is 17.2 Å². The molecule has 0 spiro atoms. The van der Waals surface area contributed by atoms with Crippen molar-refractivity contribution in [2.75, 3.05) is 41.1 Å². The summed E-state index contributed by atoms with van der Waals surface area (Å²) in [6.07, 6.45) is 5.90. The minimum Gasteiger partial charge on any atom is -0.496 e. The van der Waals surface area contributed by atoms with E-state index in [1.807, 2.05) is 25.4 Å². The lowest BCUT2D eigenvalue weighted by atomic mass is 9.93. The van der Waals surface area contributed by atoms with Crippen LogP contribution in [-0.2, 0) is 36.9 Å². The third-order valence-electron chi connectivity index (χ3n) is 11.3. The number of carbonyl (C=O) groups is 4. The van der Waals surface area contributed by atoms with Gasteiger partial charge in [0.2, 0.25) is 5.91 Å². The van der Waals surface area contributed by atoms with Crippen LogP contribution in [0.3, 0.4) is 0 Å². The van der Waals surface area contributed by atoms with E-state index in [0.717, 1.165) is 49.8 Å². The Morgan fingerprint density at radius 1 is 1.04 bits per heavy atom. The van der Waals surface area contributed by atoms with Crippen LogP contribution in [0.5, 0.6) is 17.2 Å². The molecule has 6 heterocycles. The molecule has 3 aromatic rings. The van der Waals surface area contributed by atoms with Crippen LogP contribution in [-0.4, -0.2) is 114 Å². The molecule has 56 heavy (non-hydrogen) atoms. The third kappa shape index (κ3) is 6.84. The minimum atomic E-state index is -0.879. The second-order valence-corrected chi connectivity index (χ2v) is 15.2. The normalized spacial score (nSPS) is 22.5. The molecule has 3 fully saturated rings. The summed E-state index contributed by atoms with van der Waals surface area (Å²) in [6.45, 7) is 5.13. The first-order valence-corrected chi connectivity index (χ1v) is 18.8. The molecule has 3 saturated heterocycles. The number of likely N-dealkylation sites (N-methyl/N-ethyl adjacent to an activating group) is 1. The number of rotatable bonds is 12. The fourth-order valence-corrected chi connectivity index (χ4v) is 7.92. The Bertz CT molecular complexity index is 2090. The predicted octanol–water partition coefficient (Wildman–Crippen LogP) is 3.05. The number of piperidine rings is 1. The van der Waals surface area contributed by atoms with Gasteiger partial charge in [-0.05, 0) is 65.4 Å². The SMILES string of the molecule is COc1cc(C2=CN(C)C3OC3c3cnccc32)cc(OC)c1CN1CC(Oc2ccc3c(c2)CN(C2CCC(=O)N(COC(=O)[C@@H](N)C(C)C)C2=O)C3=O)C1. The molecular weight excluding hydrogens is 720 g/mol. The zero-order valence-electron chi connectivity index (χ0n) is 32.1. The van der Waals surface area contributed by atoms with Crippen LogP contribution in [0.25, 0.3) is 5.57 Å². The van der Waals surface area contributed by atoms with Crippen LogP contribution in [0.15, 0.2) is 55.0 Å². The maximum absolute atomic E-state index is 13.5. The Kier molecular flexibility index (Phi) is 9.93. The number of methoxy groups -OCH3 is 2. The monoisotopic (exact) mass is 766 g/mol. The highest BCUT2D eigenvalue weighted by atomic mass is 16.6. The number of nitrogens with two attached hydrogens (primary N) is 1. The molecule has 4 atom stereocenters. The number of amides is 3. The summed E-state index contributed by atoms with van der Waals surface area (Å²) in [4.78, 5) is 62.9. The number of hydrogen-bond acceptors (Lipinski definition) is 13. The molecule has 0 bridgehead atoms. The van der Waals surface area contributed by atoms with E-state index in [2.05, 4.69) is 33.1 Å². The second kappa shape index (κ2) is 14.9. The van der Waals surface area contributed by atoms with E-state index in [1.165, 1.54) is 4.90 Å². The van der Waals surface area contributed by atoms with E-state index in [0.29, 0.717) is 30.9 Å². The van der Waals surface area contributed by atoms with Gasteiger partial charge in [0, 0.05) is 74.9 Å². The molecule has 3 unspecified atom stereocenters. The molecule has 1 aromatic heterocycles. The van der Waals surface area contributed by atoms with Crippen LogP contribution >= 0.6 is 0 Å². The molecule has 0 aliphatic carbocycles. The number of hydrogen-bond donors (Lipinski definition) is 1. The van der Waals surface area contributed by atoms with E-state index in [9.17, 15) is 19.2 Å². The highest BCUT2D eigenvalue weighted by Gasteiger charge is 2.47. The number of esters is 1. The number of carbonyl (C=O) groups excluding carboxylic acids is 4. The fourth-order valence-electron chi connectivity index (χ4n) is 7.92. The van der Waals surface area contributed by atoms with Gasteiger partial charge in [-0.3, -0.25) is 29.1 Å². The Morgan fingerprint density at radius 2 is 1.79 bits per heavy atom. The average Bonchev–Trinajstić information content (AvgIpc) is 3.93. The summed E-state index contributed by atoms with van der Waals surface area (Å²) < 4.78 is 29.3. The van der Waals surface area contributed by atoms with Gasteiger partial charge in [-0.1, -0.05) is 13.8 Å². The number of pyridine rings is 1. The van der Waals surface area contributed by atoms with Crippen molar-refractivity contribution < 1.29 is 42.9 Å². The molecule has 5 aliphatic rings. The lowest BCUT2D eigenvalue weighted by molar-refractivity contribution is -0.165. The summed E-state index contributed by atoms with van der Waals surface area (Å²) in [6, 6.07) is 9.71. The molecule has 5 aliphatic heterocycles. The fraction of sp³-hybridized carbons (Fsp3) is 0.439. The summed E-state index contributed by atoms with van der Waals surface area (Å²) >= 11 is 0. The lowest BCUT2D eigenvalue weighted by Gasteiger charge is -2.39. The molecule has 15 nitrogen and oxygen atoms in total. The molecule has 0 radical (unpaired) electrons. The van der Waals surface area contributed by atoms with Crippen LogP contribution in [0.2, 0.25) is 0 Å². The topological polar surface area (TPSA) is 170 Å². The molecule has 2 N–H and O–H groups in total. The van der Waals surface area contributed by atoms with Gasteiger partial charge in [0.05, 0.1) is 19.8 Å². The quantitative estimate of drug-likeness (QED) is 0.162. The smallest absolute Gasteiger partial charge is 0.324 e. The van der Waals surface area contributed by atoms with E-state index in [4.69, 9.17) is 29.4 Å². The van der Waals surface area contributed by atoms with Gasteiger partial charge in [0.25, 0.3) is 11.8 Å². The maximum Gasteiger partial charge on any atom is 0.324 e. The molecule has 8 rings (SSSR count). The van der Waals surface area contributed by atoms with Crippen LogP contribution in [0.1, 0.15) is 71.0 Å². The van der Waals surface area contributed by atoms with Crippen LogP contribution < -0.4 is 19.9 Å². The van der Waals surface area contributed by atoms with Gasteiger partial charge in [-0.25, -0.2) is 4.90 Å². The molecule has 15 heteroatoms. The Morgan fingerprint density at radius 3 is 2.50 bits per heavy atom. The van der Waals surface area contributed by atoms with Crippen molar-refractivity contribution in [2.24, 2.45) is 11.7 Å². The first kappa shape index (κ1) is 37.4. The first-order chi connectivity index (χ1) is 26.9. The molecule has 294 valence electrons. The van der Waals surface area contributed by atoms with Gasteiger partial charge in [0.1, 0.15) is 41.5 Å². The summed E-state index contributed by atoms with van der Waals surface area (Å²) in [5, 5.41) is 0. The van der Waals surface area contributed by atoms with E-state index in [-0.39, 0.29) is 49.6 Å². The average molecular weight is 767 g/mol. The van der Waals surface area contributed by atoms with Crippen molar-refractivity contribution in [3.63, 3.8) is 0 Å². The van der Waals surface area contributed by atoms with Crippen LogP contribution in [0.4, 0.5) is 0 Å². The minimum absolute atomic E-state index is 0.0105. The summed E-state index contributed by atoms with van der Waals surface area (Å²) in [5.74, 6) is -0.128. The third-order valence-corrected chi connectivity index (χ3v) is 11.3. The zero-order chi connectivity index (χ0) is 39.4. The summed E-state index contributed by atoms with van der Waals surface area (Å²) in [7, 11) is 5.35. The number of nitrogens with zero attached hydrogens (tertiary/aromatic N) is 5. The van der Waals surface area contributed by atoms with Crippen molar-refractivity contribution in [1.82, 2.24) is 24.6 Å². The second-order valence-electron chi connectivity index (χ2n) is 15.2. The number of epoxide rings is 1. The molecule has 3 amide bonds. The lowest BCUT2D eigenvalue weighted by Crippen LogP contribution is -2.55. The van der Waals surface area contributed by atoms with Gasteiger partial charge < -0.3 is 39.2 Å². The van der Waals surface area contributed by atoms with Gasteiger partial charge in [-0.2, -0.15) is 0 Å². The van der Waals surface area contributed by atoms with Gasteiger partial charge in [0.15, 0.2) is 13.0 Å². The number of ether oxygens (including phenoxy) is 5. The van der Waals surface area contributed by atoms with Crippen molar-refractivity contribution >= 4 is 29.3 Å². The number of fused-ring (bicyclic) bond motifs is 4. The molecule has 0 saturated carbocycles. The van der Waals surface area contributed by atoms with Crippen molar-refractivity contribution in [3.05, 3.63) is 88.4 Å². The number of imide groups is 1. The largest absolute Gasteiger partial charge is 0.496 e. The van der Waals surface area contributed by atoms with E-state index >= 15 is 0 Å². The highest BCUT2D eigenvalue weighted by molar-refractivity contribution is 6.05. The Labute approximate surface area is 324 Å². The van der Waals surface area contributed by atoms with Crippen molar-refractivity contribution in [2.45, 2.75) is 70.3 Å². The van der Waals surface area contributed by atoms with Crippen molar-refractivity contribution in [1.29, 1.82) is 0 Å². The first-order valence-electron chi connectivity index (χ1n) is 18.8. The van der Waals surface area contributed by atoms with Crippen LogP contribution in [0, 0.1) is 5.92 Å². The van der Waals surface area contributed by atoms with Gasteiger partial charge in [-0.15, -0.1) is 0 Å². The Hall–Kier alpha value is -5.51. The van der Waals surface area contributed by atoms with Gasteiger partial charge >= 0.3 is 5.97 Å². The standard InChI is InChI=1S/C41H46N6O9/c1-22(2)36(42)41(51)54-21-47-35(48)9-8-32(39(47)50)46-16-24-12-25(6-7-27(24)38(46)49)55-26-17-45(18-26)20-31-33(52-4)13-23(14-34(31)53-5)30-19-44(3)40-37(56-40)29-15-43-11-10-28(29)30/h6-7,10-15,19,22,26,32,36-37,40H,8-9,16-18,20-21,42H2,1-5H3/t32?,36-,37?,40?/m0/s1.